The van der Waals surface area contributed by atoms with Crippen molar-refractivity contribution in [3.63, 3.8) is 0 Å². The van der Waals surface area contributed by atoms with Crippen LogP contribution in [0.2, 0.25) is 0 Å². The third-order valence-electron chi connectivity index (χ3n) is 0.123. The lowest BCUT2D eigenvalue weighted by atomic mass is 11.6. The molecule has 0 spiro atoms. The summed E-state index contributed by atoms with van der Waals surface area (Å²) in [4.78, 5) is 9.36. The summed E-state index contributed by atoms with van der Waals surface area (Å²) in [7, 11) is 2.07. The summed E-state index contributed by atoms with van der Waals surface area (Å²) >= 11 is 0. The second kappa shape index (κ2) is 2.36. The van der Waals surface area contributed by atoms with Crippen molar-refractivity contribution in [3.8, 4) is 0 Å². The van der Waals surface area contributed by atoms with Gasteiger partial charge in [-0.25, -0.2) is 0 Å². The quantitative estimate of drug-likeness (QED) is 0.382. The normalized spacial score (nSPS) is 7.40. The predicted molar refractivity (Wildman–Crippen MR) is 23.5 cm³/mol. The summed E-state index contributed by atoms with van der Waals surface area (Å²) < 4.78 is 0. The Hall–Kier alpha value is 0.117. The number of hydrogen-bond donors (Lipinski definition) is 1. The van der Waals surface area contributed by atoms with Crippen molar-refractivity contribution in [3.05, 3.63) is 0 Å². The van der Waals surface area contributed by atoms with Gasteiger partial charge in [0.2, 0.25) is 9.19 Å². The summed E-state index contributed by atoms with van der Waals surface area (Å²) in [6.45, 7) is 0. The first kappa shape index (κ1) is 5.12. The van der Waals surface area contributed by atoms with Gasteiger partial charge in [0.15, 0.2) is 0 Å². The second-order valence-electron chi connectivity index (χ2n) is 0.449. The van der Waals surface area contributed by atoms with Crippen LogP contribution in [-0.2, 0) is 0 Å². The fraction of sp³-hybridized carbons (Fsp3) is 0. The van der Waals surface area contributed by atoms with E-state index in [1.165, 1.54) is 0 Å². The van der Waals surface area contributed by atoms with E-state index in [4.69, 9.17) is 5.11 Å². The molecule has 28 valence electrons. The molecule has 4 heteroatoms. The minimum absolute atomic E-state index is 0.0525. The highest BCUT2D eigenvalue weighted by Crippen LogP contribution is 1.72. The fourth-order valence-corrected chi connectivity index (χ4v) is 0. The largest absolute Gasteiger partial charge is 0.486 e. The third-order valence-corrected chi connectivity index (χ3v) is 1.11. The summed E-state index contributed by atoms with van der Waals surface area (Å²) in [5.74, 6) is 0. The van der Waals surface area contributed by atoms with E-state index in [-0.39, 0.29) is 9.19 Å². The Kier molecular flexibility index (Phi) is 2.41. The van der Waals surface area contributed by atoms with Gasteiger partial charge in [-0.3, -0.25) is 4.79 Å². The van der Waals surface area contributed by atoms with E-state index in [2.05, 4.69) is 8.79 Å². The lowest BCUT2D eigenvalue weighted by Gasteiger charge is -1.69. The molecule has 0 aliphatic heterocycles. The van der Waals surface area contributed by atoms with Crippen LogP contribution >= 0.6 is 8.79 Å². The van der Waals surface area contributed by atoms with Crippen molar-refractivity contribution in [2.24, 2.45) is 0 Å². The highest BCUT2D eigenvalue weighted by Gasteiger charge is 1.84. The van der Waals surface area contributed by atoms with Crippen molar-refractivity contribution in [1.29, 1.82) is 0 Å². The van der Waals surface area contributed by atoms with Crippen LogP contribution in [-0.4, -0.2) is 19.9 Å². The van der Waals surface area contributed by atoms with Crippen molar-refractivity contribution in [1.82, 2.24) is 0 Å². The Morgan fingerprint density at radius 2 is 2.20 bits per heavy atom. The van der Waals surface area contributed by atoms with Gasteiger partial charge in [-0.2, -0.15) is 0 Å². The molecule has 0 aliphatic carbocycles. The van der Waals surface area contributed by atoms with E-state index in [0.717, 1.165) is 0 Å². The van der Waals surface area contributed by atoms with Gasteiger partial charge < -0.3 is 5.11 Å². The Morgan fingerprint density at radius 1 is 2.00 bits per heavy atom. The van der Waals surface area contributed by atoms with E-state index < -0.39 is 5.59 Å². The van der Waals surface area contributed by atoms with Gasteiger partial charge in [-0.05, 0) is 0 Å². The Bertz CT molecular complexity index is 44.9. The zero-order chi connectivity index (χ0) is 4.28. The van der Waals surface area contributed by atoms with Crippen LogP contribution in [0, 0.1) is 0 Å². The molecule has 1 unspecified atom stereocenters. The maximum atomic E-state index is 9.36. The number of hydrogen-bond acceptors (Lipinski definition) is 1. The van der Waals surface area contributed by atoms with Crippen molar-refractivity contribution >= 4 is 23.6 Å². The summed E-state index contributed by atoms with van der Waals surface area (Å²) in [6, 6.07) is 0. The highest BCUT2D eigenvalue weighted by molar-refractivity contribution is 7.61. The smallest absolute Gasteiger partial charge is 0.270 e. The molecule has 0 aliphatic rings. The topological polar surface area (TPSA) is 37.3 Å². The molecule has 0 saturated heterocycles. The number of rotatable bonds is 1. The molecule has 0 rings (SSSR count). The molecule has 0 fully saturated rings. The maximum absolute atomic E-state index is 9.36. The first-order valence-electron chi connectivity index (χ1n) is 0.966. The van der Waals surface area contributed by atoms with E-state index in [1.807, 2.05) is 0 Å². The van der Waals surface area contributed by atoms with Crippen LogP contribution in [0.25, 0.3) is 0 Å². The van der Waals surface area contributed by atoms with Crippen LogP contribution in [0.1, 0.15) is 0 Å². The van der Waals surface area contributed by atoms with E-state index in [9.17, 15) is 4.79 Å². The lowest BCUT2D eigenvalue weighted by Crippen LogP contribution is -1.93. The van der Waals surface area contributed by atoms with Crippen molar-refractivity contribution in [2.45, 2.75) is 0 Å². The molecule has 5 heavy (non-hydrogen) atoms. The summed E-state index contributed by atoms with van der Waals surface area (Å²) in [5.41, 5.74) is -0.755. The molecule has 0 heterocycles. The third kappa shape index (κ3) is 4.12. The molecule has 2 nitrogen and oxygen atoms in total. The average Bonchev–Trinajstić information content (AvgIpc) is 1.38. The molecule has 0 aromatic rings. The minimum Gasteiger partial charge on any atom is -0.486 e. The Morgan fingerprint density at radius 3 is 2.20 bits per heavy atom. The van der Waals surface area contributed by atoms with Crippen LogP contribution < -0.4 is 0 Å². The zero-order valence-corrected chi connectivity index (χ0v) is 4.59. The molecule has 1 N–H and O–H groups in total. The van der Waals surface area contributed by atoms with Crippen LogP contribution in [0.5, 0.6) is 0 Å². The lowest BCUT2D eigenvalue weighted by molar-refractivity contribution is 0.220. The second-order valence-corrected chi connectivity index (χ2v) is 2.03. The standard InChI is InChI=1S/CH3O2PSi/c2-1(3)5-4/h4H2,(H,2,3). The molecule has 0 saturated carbocycles. The van der Waals surface area contributed by atoms with Gasteiger partial charge in [-0.1, -0.05) is 0 Å². The summed E-state index contributed by atoms with van der Waals surface area (Å²) in [5, 5.41) is 7.71. The van der Waals surface area contributed by atoms with E-state index in [1.54, 1.807) is 0 Å². The van der Waals surface area contributed by atoms with Crippen LogP contribution in [0.3, 0.4) is 0 Å². The first-order chi connectivity index (χ1) is 2.27. The first-order valence-corrected chi connectivity index (χ1v) is 3.78. The number of carbonyl (C=O) groups is 1. The highest BCUT2D eigenvalue weighted by atomic mass is 31.3. The molecular formula is CH3O2PSi. The van der Waals surface area contributed by atoms with Gasteiger partial charge >= 0.3 is 0 Å². The summed E-state index contributed by atoms with van der Waals surface area (Å²) in [6.07, 6.45) is 0. The SMILES string of the molecule is O=C(O)[Si]P. The van der Waals surface area contributed by atoms with Gasteiger partial charge in [-0.15, -0.1) is 8.79 Å². The Balaban J connectivity index is 2.85. The molecule has 0 amide bonds. The van der Waals surface area contributed by atoms with E-state index in [0.29, 0.717) is 0 Å². The molecular weight excluding hydrogens is 103 g/mol. The monoisotopic (exact) mass is 106 g/mol. The van der Waals surface area contributed by atoms with E-state index >= 15 is 0 Å². The van der Waals surface area contributed by atoms with Gasteiger partial charge in [0, 0.05) is 0 Å². The molecule has 0 aromatic carbocycles. The zero-order valence-electron chi connectivity index (χ0n) is 2.43. The van der Waals surface area contributed by atoms with Gasteiger partial charge in [0.1, 0.15) is 0 Å². The average molecular weight is 106 g/mol. The predicted octanol–water partition coefficient (Wildman–Crippen LogP) is 0.159. The fourth-order valence-electron chi connectivity index (χ4n) is 0. The molecule has 0 aromatic heterocycles. The molecule has 0 bridgehead atoms. The molecule has 2 radical (unpaired) electrons. The maximum Gasteiger partial charge on any atom is 0.270 e. The van der Waals surface area contributed by atoms with Gasteiger partial charge in [0.25, 0.3) is 5.59 Å². The van der Waals surface area contributed by atoms with Crippen molar-refractivity contribution < 1.29 is 9.90 Å². The van der Waals surface area contributed by atoms with Gasteiger partial charge in [0.05, 0.1) is 0 Å². The Labute approximate surface area is 34.5 Å². The number of carboxylic acid groups (broad SMARTS) is 1. The van der Waals surface area contributed by atoms with Crippen LogP contribution in [0.15, 0.2) is 0 Å². The minimum atomic E-state index is -0.755. The van der Waals surface area contributed by atoms with Crippen LogP contribution in [0.4, 0.5) is 4.79 Å². The molecule has 1 atom stereocenters. The van der Waals surface area contributed by atoms with Crippen molar-refractivity contribution in [2.75, 3.05) is 0 Å².